The number of alkyl halides is 6. The van der Waals surface area contributed by atoms with Gasteiger partial charge in [-0.3, -0.25) is 4.90 Å². The summed E-state index contributed by atoms with van der Waals surface area (Å²) in [5, 5.41) is 42.1. The van der Waals surface area contributed by atoms with E-state index in [9.17, 15) is 95.6 Å². The molecule has 1 aliphatic heterocycles. The molecule has 15 aromatic rings. The van der Waals surface area contributed by atoms with E-state index in [0.29, 0.717) is 71.7 Å². The number of benzene rings is 15. The van der Waals surface area contributed by atoms with Crippen molar-refractivity contribution in [2.45, 2.75) is 90.2 Å². The molecule has 0 unspecified atom stereocenters. The van der Waals surface area contributed by atoms with Crippen molar-refractivity contribution in [2.24, 2.45) is 0 Å². The van der Waals surface area contributed by atoms with Gasteiger partial charge in [-0.05, 0) is 221 Å². The second kappa shape index (κ2) is 44.9. The molecule has 0 atom stereocenters. The lowest BCUT2D eigenvalue weighted by molar-refractivity contribution is -0.138. The molecule has 0 bridgehead atoms. The zero-order valence-corrected chi connectivity index (χ0v) is 76.9. The van der Waals surface area contributed by atoms with Crippen LogP contribution in [-0.2, 0) is 91.9 Å². The lowest BCUT2D eigenvalue weighted by Crippen LogP contribution is -2.48. The zero-order chi connectivity index (χ0) is 97.8. The molecule has 16 rings (SSSR count). The Labute approximate surface area is 791 Å². The van der Waals surface area contributed by atoms with Crippen LogP contribution in [0, 0.1) is 5.82 Å². The van der Waals surface area contributed by atoms with E-state index in [0.717, 1.165) is 92.4 Å². The highest BCUT2D eigenvalue weighted by Crippen LogP contribution is 2.38. The zero-order valence-electron chi connectivity index (χ0n) is 73.6. The molecule has 15 aromatic carbocycles. The summed E-state index contributed by atoms with van der Waals surface area (Å²) in [5.74, 6) is -5.28. The number of carbonyl (C=O) groups is 4. The first-order chi connectivity index (χ1) is 65.4. The molecule has 0 aliphatic carbocycles. The van der Waals surface area contributed by atoms with Gasteiger partial charge in [0.2, 0.25) is 10.0 Å². The molecule has 0 saturated carbocycles. The van der Waals surface area contributed by atoms with E-state index in [1.807, 2.05) is 84.9 Å². The van der Waals surface area contributed by atoms with E-state index in [-0.39, 0.29) is 90.9 Å². The van der Waals surface area contributed by atoms with E-state index in [1.165, 1.54) is 82.2 Å². The Kier molecular flexibility index (Phi) is 32.9. The number of nitrogen functional groups attached to an aromatic ring is 1. The van der Waals surface area contributed by atoms with Crippen LogP contribution in [0.25, 0.3) is 54.9 Å². The van der Waals surface area contributed by atoms with E-state index < -0.39 is 82.8 Å². The minimum absolute atomic E-state index is 0.00417. The van der Waals surface area contributed by atoms with Crippen LogP contribution in [0.1, 0.15) is 110 Å². The highest BCUT2D eigenvalue weighted by Gasteiger charge is 2.34. The molecule has 0 spiro atoms. The van der Waals surface area contributed by atoms with Crippen LogP contribution in [0.5, 0.6) is 11.5 Å². The van der Waals surface area contributed by atoms with Crippen molar-refractivity contribution in [3.63, 3.8) is 0 Å². The third-order valence-corrected chi connectivity index (χ3v) is 28.8. The maximum atomic E-state index is 13.3. The first-order valence-corrected chi connectivity index (χ1v) is 49.0. The second-order valence-electron chi connectivity index (χ2n) is 32.2. The number of piperazine rings is 1. The summed E-state index contributed by atoms with van der Waals surface area (Å²) in [6, 6.07) is 91.3. The molecule has 704 valence electrons. The first kappa shape index (κ1) is 100. The van der Waals surface area contributed by atoms with Crippen molar-refractivity contribution < 1.29 is 105 Å². The van der Waals surface area contributed by atoms with E-state index >= 15 is 0 Å². The fourth-order valence-electron chi connectivity index (χ4n) is 15.4. The summed E-state index contributed by atoms with van der Waals surface area (Å²) in [4.78, 5) is 50.6. The molecule has 6 N–H and O–H groups in total. The molecule has 1 aliphatic rings. The van der Waals surface area contributed by atoms with Crippen molar-refractivity contribution in [3.05, 3.63) is 417 Å². The molecule has 0 amide bonds. The van der Waals surface area contributed by atoms with Gasteiger partial charge in [-0.25, -0.2) is 48.8 Å². The van der Waals surface area contributed by atoms with E-state index in [1.54, 1.807) is 157 Å². The van der Waals surface area contributed by atoms with E-state index in [2.05, 4.69) is 24.0 Å². The molecule has 1 heterocycles. The normalized spacial score (nSPS) is 12.5. The number of carboxylic acids is 4. The summed E-state index contributed by atoms with van der Waals surface area (Å²) in [6.45, 7) is 4.47. The van der Waals surface area contributed by atoms with Crippen LogP contribution in [0.3, 0.4) is 0 Å². The topological polar surface area (TPSA) is 303 Å². The van der Waals surface area contributed by atoms with Crippen LogP contribution in [0.4, 0.5) is 36.4 Å². The van der Waals surface area contributed by atoms with Crippen molar-refractivity contribution in [2.75, 3.05) is 37.7 Å². The number of thioether (sulfide) groups is 1. The number of sulfonamides is 1. The van der Waals surface area contributed by atoms with Gasteiger partial charge >= 0.3 is 36.2 Å². The van der Waals surface area contributed by atoms with Crippen LogP contribution < -0.4 is 15.2 Å². The molecule has 1 fully saturated rings. The number of hydrogen-bond donors (Lipinski definition) is 5. The fraction of sp³-hybridized carbons (Fsp3) is 0.159. The highest BCUT2D eigenvalue weighted by molar-refractivity contribution is 7.99. The van der Waals surface area contributed by atoms with Gasteiger partial charge in [0.25, 0.3) is 0 Å². The van der Waals surface area contributed by atoms with Gasteiger partial charge in [-0.1, -0.05) is 238 Å². The SMILES string of the molecule is CCCc1ccc(-c2ccc(CS(=O)(=O)c3ccc4ccccc4c3)c(C(=O)O)c2)cc1.Nc1ccc(-c2ccccc2COc2cccc(C(F)(F)F)c2)cc1C(=O)O.O=C(O)c1cc(-c2ccccc2COc2cccc(C(F)(F)F)c2)ccc1CS(=O)(=O)c1ccc2ccccc2c1.O=C(O)c1cc(SCCc2ccccc2)ccc1CS(=O)(=O)N1CCN(Cc2ccc(F)cc2)CC1. The van der Waals surface area contributed by atoms with E-state index in [4.69, 9.17) is 15.2 Å². The maximum absolute atomic E-state index is 13.3. The van der Waals surface area contributed by atoms with Gasteiger partial charge in [0.05, 0.1) is 60.4 Å². The van der Waals surface area contributed by atoms with Gasteiger partial charge < -0.3 is 35.6 Å². The Morgan fingerprint density at radius 3 is 1.29 bits per heavy atom. The highest BCUT2D eigenvalue weighted by atomic mass is 32.2. The summed E-state index contributed by atoms with van der Waals surface area (Å²) in [5.41, 5.74) is 13.6. The average Bonchev–Trinajstić information content (AvgIpc) is 0.796. The van der Waals surface area contributed by atoms with Crippen LogP contribution in [-0.4, -0.2) is 111 Å². The third kappa shape index (κ3) is 27.1. The Morgan fingerprint density at radius 2 is 0.796 bits per heavy atom. The minimum atomic E-state index is -4.51. The predicted octanol–water partition coefficient (Wildman–Crippen LogP) is 23.6. The molecular formula is C107H92F7N3O16S4. The van der Waals surface area contributed by atoms with Crippen molar-refractivity contribution >= 4 is 92.6 Å². The van der Waals surface area contributed by atoms with Gasteiger partial charge in [-0.2, -0.15) is 30.6 Å². The fourth-order valence-corrected chi connectivity index (χ4v) is 20.7. The molecule has 0 aromatic heterocycles. The van der Waals surface area contributed by atoms with Crippen molar-refractivity contribution in [1.82, 2.24) is 9.21 Å². The smallest absolute Gasteiger partial charge is 0.416 e. The van der Waals surface area contributed by atoms with Crippen molar-refractivity contribution in [3.8, 4) is 44.9 Å². The number of nitrogens with two attached hydrogens (primary N) is 1. The summed E-state index contributed by atoms with van der Waals surface area (Å²) in [6.07, 6.45) is -6.05. The molecule has 0 radical (unpaired) electrons. The summed E-state index contributed by atoms with van der Waals surface area (Å²) >= 11 is 1.55. The number of nitrogens with zero attached hydrogens (tertiary/aromatic N) is 2. The number of aryl methyl sites for hydroxylation is 2. The molecular weight excluding hydrogens is 1840 g/mol. The standard InChI is InChI=1S/C32H23F3O5S.C27H29FN2O4S2.C27H24O4S.C21H16F3NO3/c33-32(34,35)26-9-5-10-27(18-26)40-19-24-8-3-4-11-29(24)23-12-13-25(30(17-23)31(36)37)20-41(38,39)28-15-14-21-6-1-2-7-22(21)16-28;28-24-9-6-22(7-10-24)19-29-13-15-30(16-14-29)36(33,34)20-23-8-11-25(18-26(23)27(31)32)35-17-12-21-4-2-1-3-5-21;1-2-5-19-8-10-21(11-9-19)23-12-13-24(26(17-23)27(28)29)18-32(30,31)25-15-14-20-6-3-4-7-22(20)16-25;22-21(23,24)15-5-3-6-16(11-15)28-12-14-4-1-2-7-17(14)13-8-9-19(25)18(10-13)20(26)27/h1-18H,19-20H2,(H,36,37);1-11,18H,12-17,19-20H2,(H,31,32);3-4,6-17H,2,5,18H2,1H3,(H,28,29);1-11H,12,25H2,(H,26,27). The van der Waals surface area contributed by atoms with Gasteiger partial charge in [0, 0.05) is 49.1 Å². The number of aromatic carboxylic acids is 4. The van der Waals surface area contributed by atoms with Gasteiger partial charge in [0.1, 0.15) is 30.5 Å². The number of anilines is 1. The van der Waals surface area contributed by atoms with Crippen LogP contribution in [0.15, 0.2) is 348 Å². The number of carboxylic acid groups (broad SMARTS) is 4. The summed E-state index contributed by atoms with van der Waals surface area (Å²) < 4.78 is 182. The van der Waals surface area contributed by atoms with Gasteiger partial charge in [-0.15, -0.1) is 11.8 Å². The molecule has 30 heteroatoms. The number of fused-ring (bicyclic) bond motifs is 2. The maximum Gasteiger partial charge on any atom is 0.416 e. The predicted molar refractivity (Wildman–Crippen MR) is 516 cm³/mol. The van der Waals surface area contributed by atoms with Crippen LogP contribution >= 0.6 is 11.8 Å². The van der Waals surface area contributed by atoms with Crippen LogP contribution in [0.2, 0.25) is 0 Å². The lowest BCUT2D eigenvalue weighted by Gasteiger charge is -2.34. The number of rotatable bonds is 30. The second-order valence-corrected chi connectivity index (χ2v) is 39.3. The Hall–Kier alpha value is -14.3. The molecule has 1 saturated heterocycles. The number of ether oxygens (including phenoxy) is 2. The van der Waals surface area contributed by atoms with Crippen molar-refractivity contribution in [1.29, 1.82) is 0 Å². The third-order valence-electron chi connectivity index (χ3n) is 22.6. The van der Waals surface area contributed by atoms with Gasteiger partial charge in [0.15, 0.2) is 19.7 Å². The first-order valence-electron chi connectivity index (χ1n) is 43.1. The monoisotopic (exact) mass is 1940 g/mol. The average molecular weight is 1940 g/mol. The number of hydrogen-bond acceptors (Lipinski definition) is 15. The Morgan fingerprint density at radius 1 is 0.380 bits per heavy atom. The Bertz CT molecular complexity index is 7250. The quantitative estimate of drug-likeness (QED) is 0.0159. The number of halogens is 7. The molecule has 137 heavy (non-hydrogen) atoms. The molecule has 19 nitrogen and oxygen atoms in total. The Balaban J connectivity index is 0.000000156. The number of sulfone groups is 2. The summed E-state index contributed by atoms with van der Waals surface area (Å²) in [7, 11) is -11.2. The largest absolute Gasteiger partial charge is 0.489 e. The minimum Gasteiger partial charge on any atom is -0.489 e. The lowest BCUT2D eigenvalue weighted by atomic mass is 9.96.